The molecule has 1 aliphatic carbocycles. The Morgan fingerprint density at radius 2 is 1.84 bits per heavy atom. The molecule has 0 radical (unpaired) electrons. The molecular formula is C21H23NO3. The van der Waals surface area contributed by atoms with Gasteiger partial charge in [0.25, 0.3) is 5.91 Å². The Morgan fingerprint density at radius 1 is 1.08 bits per heavy atom. The SMILES string of the molecule is CC[C@@H](C(=O)OCC(=O)Nc1ccc2c(c1)CCC2)c1ccccc1. The third-order valence-corrected chi connectivity index (χ3v) is 4.62. The van der Waals surface area contributed by atoms with Gasteiger partial charge in [-0.05, 0) is 54.5 Å². The lowest BCUT2D eigenvalue weighted by Gasteiger charge is -2.14. The van der Waals surface area contributed by atoms with Crippen LogP contribution in [0.5, 0.6) is 0 Å². The standard InChI is InChI=1S/C21H23NO3/c1-2-19(16-7-4-3-5-8-16)21(24)25-14-20(23)22-18-12-11-15-9-6-10-17(15)13-18/h3-5,7-8,11-13,19H,2,6,9-10,14H2,1H3,(H,22,23)/t19-/m1/s1. The van der Waals surface area contributed by atoms with Crippen molar-refractivity contribution in [2.75, 3.05) is 11.9 Å². The lowest BCUT2D eigenvalue weighted by atomic mass is 9.97. The van der Waals surface area contributed by atoms with Crippen LogP contribution >= 0.6 is 0 Å². The maximum Gasteiger partial charge on any atom is 0.313 e. The Labute approximate surface area is 148 Å². The molecule has 1 amide bonds. The Kier molecular flexibility index (Phi) is 5.49. The molecular weight excluding hydrogens is 314 g/mol. The summed E-state index contributed by atoms with van der Waals surface area (Å²) in [6, 6.07) is 15.5. The summed E-state index contributed by atoms with van der Waals surface area (Å²) >= 11 is 0. The predicted octanol–water partition coefficient (Wildman–Crippen LogP) is 3.85. The van der Waals surface area contributed by atoms with Crippen LogP contribution in [0.2, 0.25) is 0 Å². The summed E-state index contributed by atoms with van der Waals surface area (Å²) in [6.07, 6.45) is 3.97. The summed E-state index contributed by atoms with van der Waals surface area (Å²) in [5.41, 5.74) is 4.33. The van der Waals surface area contributed by atoms with E-state index >= 15 is 0 Å². The fourth-order valence-corrected chi connectivity index (χ4v) is 3.31. The Bertz CT molecular complexity index is 755. The van der Waals surface area contributed by atoms with Crippen molar-refractivity contribution in [3.8, 4) is 0 Å². The molecule has 25 heavy (non-hydrogen) atoms. The van der Waals surface area contributed by atoms with Crippen LogP contribution in [0.15, 0.2) is 48.5 Å². The largest absolute Gasteiger partial charge is 0.455 e. The number of ether oxygens (including phenoxy) is 1. The number of carbonyl (C=O) groups excluding carboxylic acids is 2. The molecule has 0 saturated carbocycles. The second-order valence-electron chi connectivity index (χ2n) is 6.36. The van der Waals surface area contributed by atoms with Crippen LogP contribution in [0.4, 0.5) is 5.69 Å². The van der Waals surface area contributed by atoms with Gasteiger partial charge in [0.2, 0.25) is 0 Å². The molecule has 0 heterocycles. The van der Waals surface area contributed by atoms with Gasteiger partial charge < -0.3 is 10.1 Å². The summed E-state index contributed by atoms with van der Waals surface area (Å²) in [7, 11) is 0. The third-order valence-electron chi connectivity index (χ3n) is 4.62. The summed E-state index contributed by atoms with van der Waals surface area (Å²) in [5.74, 6) is -1.01. The van der Waals surface area contributed by atoms with Crippen molar-refractivity contribution in [2.24, 2.45) is 0 Å². The van der Waals surface area contributed by atoms with Gasteiger partial charge in [-0.3, -0.25) is 9.59 Å². The first kappa shape index (κ1) is 17.2. The number of amides is 1. The summed E-state index contributed by atoms with van der Waals surface area (Å²) < 4.78 is 5.23. The van der Waals surface area contributed by atoms with Gasteiger partial charge >= 0.3 is 5.97 Å². The number of carbonyl (C=O) groups is 2. The van der Waals surface area contributed by atoms with Gasteiger partial charge in [-0.25, -0.2) is 0 Å². The van der Waals surface area contributed by atoms with E-state index in [4.69, 9.17) is 4.74 Å². The average molecular weight is 337 g/mol. The van der Waals surface area contributed by atoms with E-state index < -0.39 is 0 Å². The molecule has 2 aromatic rings. The predicted molar refractivity (Wildman–Crippen MR) is 97.5 cm³/mol. The smallest absolute Gasteiger partial charge is 0.313 e. The quantitative estimate of drug-likeness (QED) is 0.815. The highest BCUT2D eigenvalue weighted by Crippen LogP contribution is 2.25. The van der Waals surface area contributed by atoms with E-state index in [1.807, 2.05) is 49.4 Å². The van der Waals surface area contributed by atoms with Crippen LogP contribution in [0, 0.1) is 0 Å². The number of hydrogen-bond donors (Lipinski definition) is 1. The van der Waals surface area contributed by atoms with Crippen molar-refractivity contribution in [2.45, 2.75) is 38.5 Å². The first-order chi connectivity index (χ1) is 12.2. The molecule has 3 rings (SSSR count). The van der Waals surface area contributed by atoms with Crippen molar-refractivity contribution < 1.29 is 14.3 Å². The minimum absolute atomic E-state index is 0.265. The number of rotatable bonds is 6. The molecule has 0 unspecified atom stereocenters. The van der Waals surface area contributed by atoms with Gasteiger partial charge in [-0.1, -0.05) is 43.3 Å². The molecule has 0 bridgehead atoms. The molecule has 130 valence electrons. The molecule has 4 heteroatoms. The molecule has 0 aliphatic heterocycles. The van der Waals surface area contributed by atoms with Gasteiger partial charge in [-0.15, -0.1) is 0 Å². The molecule has 2 aromatic carbocycles. The number of nitrogens with one attached hydrogen (secondary N) is 1. The number of anilines is 1. The van der Waals surface area contributed by atoms with Crippen LogP contribution < -0.4 is 5.32 Å². The zero-order chi connectivity index (χ0) is 17.6. The molecule has 1 atom stereocenters. The van der Waals surface area contributed by atoms with E-state index in [-0.39, 0.29) is 24.4 Å². The minimum Gasteiger partial charge on any atom is -0.455 e. The Hall–Kier alpha value is -2.62. The fourth-order valence-electron chi connectivity index (χ4n) is 3.31. The highest BCUT2D eigenvalue weighted by molar-refractivity contribution is 5.93. The monoisotopic (exact) mass is 337 g/mol. The first-order valence-corrected chi connectivity index (χ1v) is 8.80. The lowest BCUT2D eigenvalue weighted by Crippen LogP contribution is -2.24. The van der Waals surface area contributed by atoms with Crippen molar-refractivity contribution >= 4 is 17.6 Å². The molecule has 0 fully saturated rings. The molecule has 1 N–H and O–H groups in total. The van der Waals surface area contributed by atoms with E-state index in [2.05, 4.69) is 11.4 Å². The topological polar surface area (TPSA) is 55.4 Å². The van der Waals surface area contributed by atoms with Crippen LogP contribution in [-0.2, 0) is 27.2 Å². The summed E-state index contributed by atoms with van der Waals surface area (Å²) in [4.78, 5) is 24.4. The van der Waals surface area contributed by atoms with E-state index in [9.17, 15) is 9.59 Å². The maximum absolute atomic E-state index is 12.3. The van der Waals surface area contributed by atoms with Crippen LogP contribution in [0.1, 0.15) is 42.4 Å². The van der Waals surface area contributed by atoms with Crippen molar-refractivity contribution in [1.29, 1.82) is 0 Å². The zero-order valence-electron chi connectivity index (χ0n) is 14.5. The second-order valence-corrected chi connectivity index (χ2v) is 6.36. The van der Waals surface area contributed by atoms with Crippen LogP contribution in [0.3, 0.4) is 0 Å². The molecule has 0 saturated heterocycles. The van der Waals surface area contributed by atoms with E-state index in [1.165, 1.54) is 17.5 Å². The van der Waals surface area contributed by atoms with Crippen molar-refractivity contribution in [3.63, 3.8) is 0 Å². The van der Waals surface area contributed by atoms with E-state index in [0.717, 1.165) is 24.1 Å². The van der Waals surface area contributed by atoms with E-state index in [1.54, 1.807) is 0 Å². The lowest BCUT2D eigenvalue weighted by molar-refractivity contribution is -0.149. The fraction of sp³-hybridized carbons (Fsp3) is 0.333. The van der Waals surface area contributed by atoms with Crippen LogP contribution in [-0.4, -0.2) is 18.5 Å². The van der Waals surface area contributed by atoms with Gasteiger partial charge in [0.05, 0.1) is 5.92 Å². The minimum atomic E-state index is -0.363. The van der Waals surface area contributed by atoms with Gasteiger partial charge in [-0.2, -0.15) is 0 Å². The highest BCUT2D eigenvalue weighted by atomic mass is 16.5. The first-order valence-electron chi connectivity index (χ1n) is 8.80. The average Bonchev–Trinajstić information content (AvgIpc) is 3.09. The molecule has 0 spiro atoms. The normalized spacial score (nSPS) is 13.8. The highest BCUT2D eigenvalue weighted by Gasteiger charge is 2.21. The zero-order valence-corrected chi connectivity index (χ0v) is 14.5. The number of hydrogen-bond acceptors (Lipinski definition) is 3. The molecule has 0 aromatic heterocycles. The molecule has 4 nitrogen and oxygen atoms in total. The second kappa shape index (κ2) is 7.97. The molecule has 1 aliphatic rings. The number of aryl methyl sites for hydroxylation is 2. The summed E-state index contributed by atoms with van der Waals surface area (Å²) in [5, 5.41) is 2.81. The van der Waals surface area contributed by atoms with Gasteiger partial charge in [0.1, 0.15) is 0 Å². The van der Waals surface area contributed by atoms with Gasteiger partial charge in [0.15, 0.2) is 6.61 Å². The maximum atomic E-state index is 12.3. The summed E-state index contributed by atoms with van der Waals surface area (Å²) in [6.45, 7) is 1.67. The Morgan fingerprint density at radius 3 is 2.60 bits per heavy atom. The van der Waals surface area contributed by atoms with Crippen molar-refractivity contribution in [3.05, 3.63) is 65.2 Å². The number of benzene rings is 2. The Balaban J connectivity index is 1.54. The third kappa shape index (κ3) is 4.27. The van der Waals surface area contributed by atoms with Crippen molar-refractivity contribution in [1.82, 2.24) is 0 Å². The number of fused-ring (bicyclic) bond motifs is 1. The van der Waals surface area contributed by atoms with Crippen LogP contribution in [0.25, 0.3) is 0 Å². The number of esters is 1. The van der Waals surface area contributed by atoms with E-state index in [0.29, 0.717) is 6.42 Å². The van der Waals surface area contributed by atoms with Gasteiger partial charge in [0, 0.05) is 5.69 Å².